The van der Waals surface area contributed by atoms with E-state index in [0.717, 1.165) is 18.1 Å². The van der Waals surface area contributed by atoms with E-state index in [1.54, 1.807) is 42.4 Å². The lowest BCUT2D eigenvalue weighted by Crippen LogP contribution is -2.62. The molecule has 4 aromatic rings. The fraction of sp³-hybridized carbons (Fsp3) is 0.286. The van der Waals surface area contributed by atoms with Crippen molar-refractivity contribution in [1.29, 1.82) is 0 Å². The Labute approximate surface area is 267 Å². The average molecular weight is 626 g/mol. The Hall–Kier alpha value is -4.97. The topological polar surface area (TPSA) is 155 Å². The van der Waals surface area contributed by atoms with Crippen LogP contribution in [0, 0.1) is 0 Å². The molecule has 0 radical (unpaired) electrons. The number of carbonyl (C=O) groups excluding carboxylic acids is 5. The first-order valence-electron chi connectivity index (χ1n) is 15.0. The summed E-state index contributed by atoms with van der Waals surface area (Å²) < 4.78 is 1.37. The van der Waals surface area contributed by atoms with Crippen LogP contribution in [-0.4, -0.2) is 80.8 Å². The lowest BCUT2D eigenvalue weighted by atomic mass is 10.00. The third-order valence-corrected chi connectivity index (χ3v) is 7.83. The molecule has 3 aromatic carbocycles. The van der Waals surface area contributed by atoms with Gasteiger partial charge in [0.1, 0.15) is 6.04 Å². The fourth-order valence-corrected chi connectivity index (χ4v) is 5.49. The molecule has 0 bridgehead atoms. The summed E-state index contributed by atoms with van der Waals surface area (Å²) in [5.74, 6) is -3.58. The Morgan fingerprint density at radius 3 is 2.04 bits per heavy atom. The van der Waals surface area contributed by atoms with Gasteiger partial charge in [0.15, 0.2) is 0 Å². The van der Waals surface area contributed by atoms with Gasteiger partial charge >= 0.3 is 0 Å². The lowest BCUT2D eigenvalue weighted by Gasteiger charge is -2.34. The quantitative estimate of drug-likeness (QED) is 0.191. The van der Waals surface area contributed by atoms with E-state index in [1.807, 2.05) is 60.7 Å². The molecule has 240 valence electrons. The highest BCUT2D eigenvalue weighted by Gasteiger charge is 2.42. The molecule has 4 atom stereocenters. The first-order chi connectivity index (χ1) is 22.0. The van der Waals surface area contributed by atoms with Crippen molar-refractivity contribution in [2.45, 2.75) is 57.5 Å². The van der Waals surface area contributed by atoms with Gasteiger partial charge in [-0.25, -0.2) is 4.90 Å². The van der Waals surface area contributed by atoms with Crippen LogP contribution in [0.15, 0.2) is 91.1 Å². The SMILES string of the molecule is CC(=O)N[C@H](C(=O)N(C(=O)[C@H](N)Cc1cn(C=O)c2ccccc12)C(=O)[C@H](Cc1ccccc1)N(C)Cc1ccccc1)[C@@H](C)O. The number of hydrogen-bond donors (Lipinski definition) is 3. The van der Waals surface area contributed by atoms with Crippen LogP contribution in [-0.2, 0) is 43.4 Å². The molecule has 0 fully saturated rings. The van der Waals surface area contributed by atoms with Crippen molar-refractivity contribution in [3.8, 4) is 0 Å². The van der Waals surface area contributed by atoms with E-state index >= 15 is 0 Å². The largest absolute Gasteiger partial charge is 0.391 e. The van der Waals surface area contributed by atoms with Gasteiger partial charge in [0, 0.05) is 25.1 Å². The minimum absolute atomic E-state index is 0.0973. The van der Waals surface area contributed by atoms with Gasteiger partial charge in [0.05, 0.1) is 23.7 Å². The summed E-state index contributed by atoms with van der Waals surface area (Å²) in [6.07, 6.45) is 0.814. The third-order valence-electron chi connectivity index (χ3n) is 7.83. The number of carbonyl (C=O) groups is 5. The highest BCUT2D eigenvalue weighted by molar-refractivity contribution is 6.15. The Kier molecular flexibility index (Phi) is 11.3. The molecule has 0 saturated carbocycles. The monoisotopic (exact) mass is 625 g/mol. The predicted molar refractivity (Wildman–Crippen MR) is 174 cm³/mol. The maximum absolute atomic E-state index is 14.5. The Balaban J connectivity index is 1.75. The molecule has 1 aromatic heterocycles. The smallest absolute Gasteiger partial charge is 0.261 e. The second-order valence-electron chi connectivity index (χ2n) is 11.4. The zero-order valence-electron chi connectivity index (χ0n) is 26.1. The maximum Gasteiger partial charge on any atom is 0.261 e. The van der Waals surface area contributed by atoms with Crippen molar-refractivity contribution in [3.05, 3.63) is 108 Å². The summed E-state index contributed by atoms with van der Waals surface area (Å²) in [5.41, 5.74) is 9.32. The van der Waals surface area contributed by atoms with Crippen molar-refractivity contribution in [1.82, 2.24) is 19.7 Å². The molecule has 0 unspecified atom stereocenters. The van der Waals surface area contributed by atoms with Crippen LogP contribution in [0.5, 0.6) is 0 Å². The van der Waals surface area contributed by atoms with E-state index in [9.17, 15) is 29.1 Å². The van der Waals surface area contributed by atoms with E-state index in [1.165, 1.54) is 11.5 Å². The fourth-order valence-electron chi connectivity index (χ4n) is 5.49. The van der Waals surface area contributed by atoms with Gasteiger partial charge in [-0.05, 0) is 49.6 Å². The number of imide groups is 3. The number of nitrogens with one attached hydrogen (secondary N) is 1. The number of nitrogens with zero attached hydrogens (tertiary/aromatic N) is 3. The number of hydrogen-bond acceptors (Lipinski definition) is 8. The minimum Gasteiger partial charge on any atom is -0.391 e. The molecule has 0 spiro atoms. The van der Waals surface area contributed by atoms with E-state index in [-0.39, 0.29) is 12.8 Å². The van der Waals surface area contributed by atoms with Crippen LogP contribution in [0.4, 0.5) is 0 Å². The van der Waals surface area contributed by atoms with Crippen molar-refractivity contribution in [3.63, 3.8) is 0 Å². The molecule has 1 heterocycles. The molecule has 0 aliphatic carbocycles. The number of aliphatic hydroxyl groups excluding tert-OH is 1. The van der Waals surface area contributed by atoms with Crippen LogP contribution in [0.1, 0.15) is 30.5 Å². The highest BCUT2D eigenvalue weighted by Crippen LogP contribution is 2.23. The average Bonchev–Trinajstić information content (AvgIpc) is 3.40. The van der Waals surface area contributed by atoms with Crippen molar-refractivity contribution in [2.24, 2.45) is 5.73 Å². The number of likely N-dealkylation sites (N-methyl/N-ethyl adjacent to an activating group) is 1. The molecule has 4 N–H and O–H groups in total. The van der Waals surface area contributed by atoms with Gasteiger partial charge in [-0.2, -0.15) is 0 Å². The summed E-state index contributed by atoms with van der Waals surface area (Å²) in [6.45, 7) is 2.77. The van der Waals surface area contributed by atoms with Crippen LogP contribution >= 0.6 is 0 Å². The maximum atomic E-state index is 14.5. The second-order valence-corrected chi connectivity index (χ2v) is 11.4. The number of nitrogens with two attached hydrogens (primary N) is 1. The molecule has 46 heavy (non-hydrogen) atoms. The predicted octanol–water partition coefficient (Wildman–Crippen LogP) is 2.06. The van der Waals surface area contributed by atoms with Gasteiger partial charge < -0.3 is 16.2 Å². The molecule has 0 aliphatic rings. The summed E-state index contributed by atoms with van der Waals surface area (Å²) in [6, 6.07) is 21.7. The van der Waals surface area contributed by atoms with Gasteiger partial charge in [-0.15, -0.1) is 0 Å². The summed E-state index contributed by atoms with van der Waals surface area (Å²) >= 11 is 0. The summed E-state index contributed by atoms with van der Waals surface area (Å²) in [5, 5.41) is 13.5. The van der Waals surface area contributed by atoms with Gasteiger partial charge in [-0.3, -0.25) is 33.4 Å². The van der Waals surface area contributed by atoms with Gasteiger partial charge in [-0.1, -0.05) is 78.9 Å². The normalized spacial score (nSPS) is 13.9. The van der Waals surface area contributed by atoms with Crippen molar-refractivity contribution >= 4 is 40.9 Å². The molecule has 4 rings (SSSR count). The van der Waals surface area contributed by atoms with E-state index in [4.69, 9.17) is 5.73 Å². The first kappa shape index (κ1) is 33.9. The number of aliphatic hydroxyl groups is 1. The third kappa shape index (κ3) is 7.99. The first-order valence-corrected chi connectivity index (χ1v) is 15.0. The molecular weight excluding hydrogens is 586 g/mol. The standard InChI is InChI=1S/C35H39N5O6/c1-23(42)32(37-24(2)43)35(46)40(33(44)29(36)19-27-21-39(22-41)30-17-11-10-16-28(27)30)34(45)31(18-25-12-6-4-7-13-25)38(3)20-26-14-8-5-9-15-26/h4-17,21-23,29,31-32,42H,18-20,36H2,1-3H3,(H,37,43)/t23-,29-,31+,32+/m1/s1. The number of benzene rings is 3. The Morgan fingerprint density at radius 1 is 0.870 bits per heavy atom. The second kappa shape index (κ2) is 15.3. The number of fused-ring (bicyclic) bond motifs is 1. The molecule has 11 nitrogen and oxygen atoms in total. The van der Waals surface area contributed by atoms with Gasteiger partial charge in [0.25, 0.3) is 17.7 Å². The van der Waals surface area contributed by atoms with Crippen LogP contribution in [0.25, 0.3) is 10.9 Å². The molecular formula is C35H39N5O6. The van der Waals surface area contributed by atoms with Crippen LogP contribution < -0.4 is 11.1 Å². The van der Waals surface area contributed by atoms with E-state index in [0.29, 0.717) is 34.3 Å². The zero-order valence-corrected chi connectivity index (χ0v) is 26.1. The molecule has 0 saturated heterocycles. The summed E-state index contributed by atoms with van der Waals surface area (Å²) in [7, 11) is 1.72. The van der Waals surface area contributed by atoms with Crippen LogP contribution in [0.3, 0.4) is 0 Å². The number of rotatable bonds is 13. The Morgan fingerprint density at radius 2 is 1.46 bits per heavy atom. The number of para-hydroxylation sites is 1. The molecule has 4 amide bonds. The molecule has 0 aliphatic heterocycles. The van der Waals surface area contributed by atoms with E-state index < -0.39 is 47.9 Å². The van der Waals surface area contributed by atoms with Crippen molar-refractivity contribution in [2.75, 3.05) is 7.05 Å². The minimum atomic E-state index is -1.59. The van der Waals surface area contributed by atoms with Crippen LogP contribution in [0.2, 0.25) is 0 Å². The van der Waals surface area contributed by atoms with E-state index in [2.05, 4.69) is 5.32 Å². The van der Waals surface area contributed by atoms with Crippen molar-refractivity contribution < 1.29 is 29.1 Å². The lowest BCUT2D eigenvalue weighted by molar-refractivity contribution is -0.160. The number of amides is 4. The summed E-state index contributed by atoms with van der Waals surface area (Å²) in [4.78, 5) is 68.7. The highest BCUT2D eigenvalue weighted by atomic mass is 16.3. The Bertz CT molecular complexity index is 1690. The van der Waals surface area contributed by atoms with Gasteiger partial charge in [0.2, 0.25) is 12.3 Å². The number of aromatic nitrogens is 1. The molecule has 11 heteroatoms. The zero-order chi connectivity index (χ0) is 33.4.